The fourth-order valence-corrected chi connectivity index (χ4v) is 5.51. The van der Waals surface area contributed by atoms with Gasteiger partial charge in [-0.05, 0) is 51.0 Å². The number of aromatic nitrogens is 3. The number of thiazole rings is 1. The zero-order chi connectivity index (χ0) is 24.6. The highest BCUT2D eigenvalue weighted by atomic mass is 32.1. The summed E-state index contributed by atoms with van der Waals surface area (Å²) in [5, 5.41) is 8.35. The zero-order valence-electron chi connectivity index (χ0n) is 20.2. The summed E-state index contributed by atoms with van der Waals surface area (Å²) in [7, 11) is 0. The van der Waals surface area contributed by atoms with Crippen molar-refractivity contribution in [3.8, 4) is 16.9 Å². The Hall–Kier alpha value is -3.46. The van der Waals surface area contributed by atoms with E-state index in [2.05, 4.69) is 21.4 Å². The second-order valence-corrected chi connectivity index (χ2v) is 10.5. The first-order valence-corrected chi connectivity index (χ1v) is 12.7. The van der Waals surface area contributed by atoms with Crippen LogP contribution in [-0.4, -0.2) is 45.1 Å². The molecule has 182 valence electrons. The lowest BCUT2D eigenvalue weighted by atomic mass is 9.94. The molecule has 3 aromatic rings. The van der Waals surface area contributed by atoms with Crippen LogP contribution in [0, 0.1) is 0 Å². The van der Waals surface area contributed by atoms with Crippen molar-refractivity contribution in [2.75, 3.05) is 18.1 Å². The number of benzene rings is 1. The monoisotopic (exact) mass is 491 g/mol. The van der Waals surface area contributed by atoms with Crippen LogP contribution in [0.4, 0.5) is 10.8 Å². The standard InChI is InChI=1S/C26H29N5O3S/c1-4-6-19(32)7-5-10-30-16-18(15-27-30)17-8-9-22-21(13-17)31(11-12-34-22)25-28-20-14-26(2,3)29-24(33)23(20)35-25/h4,6,8-9,13,15-16H,5,7,10-12,14H2,1-3H3,(H,29,33). The van der Waals surface area contributed by atoms with E-state index < -0.39 is 0 Å². The minimum absolute atomic E-state index is 0.0536. The van der Waals surface area contributed by atoms with E-state index in [0.717, 1.165) is 39.8 Å². The lowest BCUT2D eigenvalue weighted by Gasteiger charge is -2.29. The molecule has 0 aliphatic carbocycles. The summed E-state index contributed by atoms with van der Waals surface area (Å²) >= 11 is 1.43. The van der Waals surface area contributed by atoms with Gasteiger partial charge in [-0.25, -0.2) is 4.98 Å². The maximum Gasteiger partial charge on any atom is 0.263 e. The Morgan fingerprint density at radius 2 is 2.17 bits per heavy atom. The molecule has 0 saturated carbocycles. The number of anilines is 2. The minimum atomic E-state index is -0.300. The average Bonchev–Trinajstić information content (AvgIpc) is 3.45. The normalized spacial score (nSPS) is 16.5. The van der Waals surface area contributed by atoms with Crippen LogP contribution >= 0.6 is 11.3 Å². The van der Waals surface area contributed by atoms with Gasteiger partial charge in [0.05, 0.1) is 24.1 Å². The molecule has 8 nitrogen and oxygen atoms in total. The zero-order valence-corrected chi connectivity index (χ0v) is 21.0. The van der Waals surface area contributed by atoms with Gasteiger partial charge in [-0.2, -0.15) is 5.10 Å². The highest BCUT2D eigenvalue weighted by molar-refractivity contribution is 7.17. The molecule has 1 amide bonds. The number of ether oxygens (including phenoxy) is 1. The Morgan fingerprint density at radius 1 is 1.31 bits per heavy atom. The predicted molar refractivity (Wildman–Crippen MR) is 137 cm³/mol. The third-order valence-corrected chi connectivity index (χ3v) is 7.26. The van der Waals surface area contributed by atoms with Gasteiger partial charge in [-0.1, -0.05) is 23.5 Å². The molecule has 0 radical (unpaired) electrons. The molecular formula is C26H29N5O3S. The topological polar surface area (TPSA) is 89.4 Å². The number of allylic oxidation sites excluding steroid dienone is 2. The molecule has 2 aliphatic rings. The number of nitrogens with one attached hydrogen (secondary N) is 1. The SMILES string of the molecule is CC=CC(=O)CCCn1cc(-c2ccc3c(c2)N(c2nc4c(s2)C(=O)NC(C)(C)C4)CCO3)cn1. The number of hydrogen-bond acceptors (Lipinski definition) is 7. The minimum Gasteiger partial charge on any atom is -0.490 e. The molecule has 9 heteroatoms. The molecule has 4 heterocycles. The van der Waals surface area contributed by atoms with E-state index in [1.807, 2.05) is 50.0 Å². The molecule has 0 spiro atoms. The van der Waals surface area contributed by atoms with E-state index in [9.17, 15) is 9.59 Å². The van der Waals surface area contributed by atoms with Gasteiger partial charge < -0.3 is 15.0 Å². The van der Waals surface area contributed by atoms with Crippen LogP contribution in [0.5, 0.6) is 5.75 Å². The number of hydrogen-bond donors (Lipinski definition) is 1. The van der Waals surface area contributed by atoms with E-state index in [-0.39, 0.29) is 17.2 Å². The molecule has 0 saturated heterocycles. The highest BCUT2D eigenvalue weighted by Crippen LogP contribution is 2.42. The molecule has 1 N–H and O–H groups in total. The summed E-state index contributed by atoms with van der Waals surface area (Å²) in [6.07, 6.45) is 9.20. The molecule has 0 fully saturated rings. The first-order chi connectivity index (χ1) is 16.8. The molecule has 1 aromatic carbocycles. The third kappa shape index (κ3) is 4.86. The molecule has 35 heavy (non-hydrogen) atoms. The third-order valence-electron chi connectivity index (χ3n) is 6.14. The van der Waals surface area contributed by atoms with Gasteiger partial charge in [0.25, 0.3) is 5.91 Å². The summed E-state index contributed by atoms with van der Waals surface area (Å²) < 4.78 is 7.80. The Bertz CT molecular complexity index is 1310. The summed E-state index contributed by atoms with van der Waals surface area (Å²) in [5.41, 5.74) is 3.51. The van der Waals surface area contributed by atoms with Crippen molar-refractivity contribution < 1.29 is 14.3 Å². The van der Waals surface area contributed by atoms with Gasteiger partial charge in [-0.15, -0.1) is 0 Å². The smallest absolute Gasteiger partial charge is 0.263 e. The van der Waals surface area contributed by atoms with Gasteiger partial charge in [-0.3, -0.25) is 14.3 Å². The molecule has 2 aliphatic heterocycles. The van der Waals surface area contributed by atoms with E-state index in [0.29, 0.717) is 37.4 Å². The second-order valence-electron chi connectivity index (χ2n) is 9.53. The highest BCUT2D eigenvalue weighted by Gasteiger charge is 2.34. The number of rotatable bonds is 7. The van der Waals surface area contributed by atoms with Crippen molar-refractivity contribution in [2.45, 2.75) is 52.1 Å². The second kappa shape index (κ2) is 9.30. The van der Waals surface area contributed by atoms with Crippen molar-refractivity contribution in [2.24, 2.45) is 0 Å². The molecule has 0 unspecified atom stereocenters. The number of carbonyl (C=O) groups excluding carboxylic acids is 2. The van der Waals surface area contributed by atoms with Crippen molar-refractivity contribution in [3.63, 3.8) is 0 Å². The van der Waals surface area contributed by atoms with Gasteiger partial charge in [0.15, 0.2) is 10.9 Å². The first kappa shape index (κ1) is 23.3. The Balaban J connectivity index is 1.38. The molecular weight excluding hydrogens is 462 g/mol. The van der Waals surface area contributed by atoms with Crippen molar-refractivity contribution in [1.82, 2.24) is 20.1 Å². The number of carbonyl (C=O) groups is 2. The molecule has 0 atom stereocenters. The number of nitrogens with zero attached hydrogens (tertiary/aromatic N) is 4. The summed E-state index contributed by atoms with van der Waals surface area (Å²) in [5.74, 6) is 0.884. The number of aryl methyl sites for hydroxylation is 1. The average molecular weight is 492 g/mol. The Kier molecular flexibility index (Phi) is 6.19. The maximum atomic E-state index is 12.6. The fourth-order valence-electron chi connectivity index (χ4n) is 4.49. The predicted octanol–water partition coefficient (Wildman–Crippen LogP) is 4.53. The van der Waals surface area contributed by atoms with Gasteiger partial charge in [0, 0.05) is 36.7 Å². The molecule has 0 bridgehead atoms. The van der Waals surface area contributed by atoms with E-state index in [1.165, 1.54) is 11.3 Å². The Morgan fingerprint density at radius 3 is 3.00 bits per heavy atom. The number of fused-ring (bicyclic) bond motifs is 2. The van der Waals surface area contributed by atoms with Gasteiger partial charge >= 0.3 is 0 Å². The van der Waals surface area contributed by atoms with Crippen LogP contribution in [0.25, 0.3) is 11.1 Å². The molecule has 5 rings (SSSR count). The number of amides is 1. The van der Waals surface area contributed by atoms with Crippen molar-refractivity contribution >= 4 is 33.8 Å². The van der Waals surface area contributed by atoms with Crippen LogP contribution in [0.2, 0.25) is 0 Å². The van der Waals surface area contributed by atoms with Crippen LogP contribution in [-0.2, 0) is 17.8 Å². The first-order valence-electron chi connectivity index (χ1n) is 11.9. The van der Waals surface area contributed by atoms with Gasteiger partial charge in [0.1, 0.15) is 17.2 Å². The summed E-state index contributed by atoms with van der Waals surface area (Å²) in [6, 6.07) is 6.10. The number of ketones is 1. The summed E-state index contributed by atoms with van der Waals surface area (Å²) in [6.45, 7) is 7.79. The fraction of sp³-hybridized carbons (Fsp3) is 0.385. The van der Waals surface area contributed by atoms with E-state index >= 15 is 0 Å². The van der Waals surface area contributed by atoms with Crippen molar-refractivity contribution in [3.05, 3.63) is 53.3 Å². The van der Waals surface area contributed by atoms with Crippen LogP contribution in [0.3, 0.4) is 0 Å². The lowest BCUT2D eigenvalue weighted by molar-refractivity contribution is -0.114. The van der Waals surface area contributed by atoms with E-state index in [1.54, 1.807) is 12.2 Å². The largest absolute Gasteiger partial charge is 0.490 e. The van der Waals surface area contributed by atoms with Gasteiger partial charge in [0.2, 0.25) is 0 Å². The lowest BCUT2D eigenvalue weighted by Crippen LogP contribution is -2.48. The summed E-state index contributed by atoms with van der Waals surface area (Å²) in [4.78, 5) is 32.0. The van der Waals surface area contributed by atoms with Crippen molar-refractivity contribution in [1.29, 1.82) is 0 Å². The molecule has 2 aromatic heterocycles. The van der Waals surface area contributed by atoms with Crippen LogP contribution in [0.15, 0.2) is 42.7 Å². The maximum absolute atomic E-state index is 12.6. The Labute approximate surface area is 208 Å². The quantitative estimate of drug-likeness (QED) is 0.489. The van der Waals surface area contributed by atoms with E-state index in [4.69, 9.17) is 9.72 Å². The van der Waals surface area contributed by atoms with Crippen LogP contribution in [0.1, 0.15) is 49.0 Å². The van der Waals surface area contributed by atoms with Crippen LogP contribution < -0.4 is 15.0 Å².